The fourth-order valence-corrected chi connectivity index (χ4v) is 1.28. The van der Waals surface area contributed by atoms with Crippen LogP contribution < -0.4 is 0 Å². The van der Waals surface area contributed by atoms with Gasteiger partial charge in [0.1, 0.15) is 0 Å². The van der Waals surface area contributed by atoms with Gasteiger partial charge in [-0.25, -0.2) is 0 Å². The molecule has 0 aromatic heterocycles. The van der Waals surface area contributed by atoms with E-state index in [0.29, 0.717) is 0 Å². The lowest BCUT2D eigenvalue weighted by Gasteiger charge is -2.37. The molecule has 0 atom stereocenters. The molecule has 0 aliphatic carbocycles. The first-order chi connectivity index (χ1) is 4.96. The first-order valence-electron chi connectivity index (χ1n) is 4.37. The standard InChI is InChI=1S/C10H21N/c1-7-11(8-2)10(5,6)9(3)4/h3,7-8H2,1-2,4-6H3. The molecule has 0 saturated heterocycles. The normalized spacial score (nSPS) is 12.2. The quantitative estimate of drug-likeness (QED) is 0.564. The summed E-state index contributed by atoms with van der Waals surface area (Å²) in [5.41, 5.74) is 1.39. The number of likely N-dealkylation sites (N-methyl/N-ethyl adjacent to an activating group) is 1. The maximum Gasteiger partial charge on any atom is 0.0358 e. The SMILES string of the molecule is C=C(C)C(C)(C)N(CC)CC. The maximum atomic E-state index is 4.00. The highest BCUT2D eigenvalue weighted by Gasteiger charge is 2.24. The first-order valence-corrected chi connectivity index (χ1v) is 4.37. The Balaban J connectivity index is 4.36. The van der Waals surface area contributed by atoms with Crippen molar-refractivity contribution in [3.05, 3.63) is 12.2 Å². The van der Waals surface area contributed by atoms with E-state index in [1.165, 1.54) is 5.57 Å². The van der Waals surface area contributed by atoms with Crippen LogP contribution in [0.15, 0.2) is 12.2 Å². The summed E-state index contributed by atoms with van der Waals surface area (Å²) in [5, 5.41) is 0. The molecule has 66 valence electrons. The third-order valence-electron chi connectivity index (χ3n) is 2.60. The molecular formula is C10H21N. The molecule has 0 radical (unpaired) electrons. The van der Waals surface area contributed by atoms with Gasteiger partial charge in [0.15, 0.2) is 0 Å². The van der Waals surface area contributed by atoms with Crippen LogP contribution in [0.2, 0.25) is 0 Å². The average molecular weight is 155 g/mol. The highest BCUT2D eigenvalue weighted by Crippen LogP contribution is 2.21. The van der Waals surface area contributed by atoms with E-state index in [1.54, 1.807) is 0 Å². The number of nitrogens with zero attached hydrogens (tertiary/aromatic N) is 1. The van der Waals surface area contributed by atoms with Gasteiger partial charge in [-0.15, -0.1) is 0 Å². The fourth-order valence-electron chi connectivity index (χ4n) is 1.28. The van der Waals surface area contributed by atoms with Crippen LogP contribution in [-0.2, 0) is 0 Å². The topological polar surface area (TPSA) is 3.24 Å². The van der Waals surface area contributed by atoms with Gasteiger partial charge in [-0.2, -0.15) is 0 Å². The van der Waals surface area contributed by atoms with Crippen LogP contribution >= 0.6 is 0 Å². The van der Waals surface area contributed by atoms with Gasteiger partial charge in [-0.1, -0.05) is 26.0 Å². The lowest BCUT2D eigenvalue weighted by molar-refractivity contribution is 0.169. The largest absolute Gasteiger partial charge is 0.295 e. The van der Waals surface area contributed by atoms with Crippen LogP contribution in [0.4, 0.5) is 0 Å². The van der Waals surface area contributed by atoms with E-state index in [9.17, 15) is 0 Å². The third kappa shape index (κ3) is 2.33. The van der Waals surface area contributed by atoms with Crippen molar-refractivity contribution in [2.24, 2.45) is 0 Å². The van der Waals surface area contributed by atoms with Crippen LogP contribution in [0.3, 0.4) is 0 Å². The third-order valence-corrected chi connectivity index (χ3v) is 2.60. The first kappa shape index (κ1) is 10.7. The lowest BCUT2D eigenvalue weighted by Crippen LogP contribution is -2.44. The molecular weight excluding hydrogens is 134 g/mol. The minimum absolute atomic E-state index is 0.156. The summed E-state index contributed by atoms with van der Waals surface area (Å²) >= 11 is 0. The molecule has 0 saturated carbocycles. The molecule has 0 aromatic carbocycles. The lowest BCUT2D eigenvalue weighted by atomic mass is 9.94. The van der Waals surface area contributed by atoms with Gasteiger partial charge in [-0.3, -0.25) is 4.90 Å². The molecule has 0 amide bonds. The highest BCUT2D eigenvalue weighted by atomic mass is 15.2. The molecule has 11 heavy (non-hydrogen) atoms. The van der Waals surface area contributed by atoms with Crippen molar-refractivity contribution in [1.82, 2.24) is 4.90 Å². The van der Waals surface area contributed by atoms with Gasteiger partial charge in [0.05, 0.1) is 0 Å². The Morgan fingerprint density at radius 3 is 1.73 bits per heavy atom. The summed E-state index contributed by atoms with van der Waals surface area (Å²) in [6.45, 7) is 17.1. The molecule has 0 spiro atoms. The van der Waals surface area contributed by atoms with E-state index >= 15 is 0 Å². The van der Waals surface area contributed by atoms with Crippen molar-refractivity contribution in [3.63, 3.8) is 0 Å². The highest BCUT2D eigenvalue weighted by molar-refractivity contribution is 5.10. The van der Waals surface area contributed by atoms with Gasteiger partial charge in [-0.05, 0) is 33.9 Å². The molecule has 0 heterocycles. The molecule has 0 aromatic rings. The van der Waals surface area contributed by atoms with Gasteiger partial charge >= 0.3 is 0 Å². The second-order valence-corrected chi connectivity index (χ2v) is 3.51. The van der Waals surface area contributed by atoms with Crippen molar-refractivity contribution in [2.45, 2.75) is 40.2 Å². The zero-order valence-electron chi connectivity index (χ0n) is 8.57. The van der Waals surface area contributed by atoms with E-state index in [-0.39, 0.29) is 5.54 Å². The average Bonchev–Trinajstić information content (AvgIpc) is 1.89. The summed E-state index contributed by atoms with van der Waals surface area (Å²) in [6.07, 6.45) is 0. The van der Waals surface area contributed by atoms with Crippen LogP contribution in [-0.4, -0.2) is 23.5 Å². The molecule has 0 aliphatic heterocycles. The molecule has 0 rings (SSSR count). The van der Waals surface area contributed by atoms with Crippen molar-refractivity contribution < 1.29 is 0 Å². The van der Waals surface area contributed by atoms with Crippen molar-refractivity contribution in [1.29, 1.82) is 0 Å². The Labute approximate surface area is 71.1 Å². The molecule has 0 N–H and O–H groups in total. The fraction of sp³-hybridized carbons (Fsp3) is 0.800. The van der Waals surface area contributed by atoms with Crippen molar-refractivity contribution >= 4 is 0 Å². The Kier molecular flexibility index (Phi) is 3.81. The second-order valence-electron chi connectivity index (χ2n) is 3.51. The summed E-state index contributed by atoms with van der Waals surface area (Å²) in [6, 6.07) is 0. The number of hydrogen-bond acceptors (Lipinski definition) is 1. The van der Waals surface area contributed by atoms with Crippen LogP contribution in [0.25, 0.3) is 0 Å². The molecule has 0 aliphatic rings. The minimum Gasteiger partial charge on any atom is -0.295 e. The summed E-state index contributed by atoms with van der Waals surface area (Å²) in [7, 11) is 0. The molecule has 1 nitrogen and oxygen atoms in total. The summed E-state index contributed by atoms with van der Waals surface area (Å²) in [4.78, 5) is 2.41. The Bertz CT molecular complexity index is 132. The van der Waals surface area contributed by atoms with E-state index in [1.807, 2.05) is 0 Å². The number of hydrogen-bond donors (Lipinski definition) is 0. The van der Waals surface area contributed by atoms with E-state index < -0.39 is 0 Å². The molecule has 0 unspecified atom stereocenters. The predicted molar refractivity (Wildman–Crippen MR) is 51.8 cm³/mol. The van der Waals surface area contributed by atoms with Crippen molar-refractivity contribution in [2.75, 3.05) is 13.1 Å². The summed E-state index contributed by atoms with van der Waals surface area (Å²) < 4.78 is 0. The Hall–Kier alpha value is -0.300. The van der Waals surface area contributed by atoms with Gasteiger partial charge < -0.3 is 0 Å². The maximum absolute atomic E-state index is 4.00. The van der Waals surface area contributed by atoms with E-state index in [2.05, 4.69) is 46.1 Å². The molecule has 0 bridgehead atoms. The zero-order valence-corrected chi connectivity index (χ0v) is 8.57. The molecule has 1 heteroatoms. The number of rotatable bonds is 4. The van der Waals surface area contributed by atoms with Crippen LogP contribution in [0, 0.1) is 0 Å². The van der Waals surface area contributed by atoms with Crippen LogP contribution in [0.1, 0.15) is 34.6 Å². The second kappa shape index (κ2) is 3.91. The zero-order chi connectivity index (χ0) is 9.07. The molecule has 0 fully saturated rings. The summed E-state index contributed by atoms with van der Waals surface area (Å²) in [5.74, 6) is 0. The predicted octanol–water partition coefficient (Wildman–Crippen LogP) is 2.68. The Morgan fingerprint density at radius 1 is 1.27 bits per heavy atom. The minimum atomic E-state index is 0.156. The smallest absolute Gasteiger partial charge is 0.0358 e. The monoisotopic (exact) mass is 155 g/mol. The van der Waals surface area contributed by atoms with Crippen LogP contribution in [0.5, 0.6) is 0 Å². The Morgan fingerprint density at radius 2 is 1.64 bits per heavy atom. The van der Waals surface area contributed by atoms with Gasteiger partial charge in [0, 0.05) is 5.54 Å². The van der Waals surface area contributed by atoms with Crippen molar-refractivity contribution in [3.8, 4) is 0 Å². The van der Waals surface area contributed by atoms with Gasteiger partial charge in [0.2, 0.25) is 0 Å². The van der Waals surface area contributed by atoms with E-state index in [0.717, 1.165) is 13.1 Å². The van der Waals surface area contributed by atoms with Gasteiger partial charge in [0.25, 0.3) is 0 Å². The van der Waals surface area contributed by atoms with E-state index in [4.69, 9.17) is 0 Å².